The van der Waals surface area contributed by atoms with Gasteiger partial charge in [0.25, 0.3) is 5.91 Å². The average molecular weight is 278 g/mol. The lowest BCUT2D eigenvalue weighted by Crippen LogP contribution is -2.26. The lowest BCUT2D eigenvalue weighted by atomic mass is 10.2. The first-order valence-corrected chi connectivity index (χ1v) is 7.18. The summed E-state index contributed by atoms with van der Waals surface area (Å²) in [5, 5.41) is 5.97. The molecule has 102 valence electrons. The molecule has 0 bridgehead atoms. The second-order valence-electron chi connectivity index (χ2n) is 4.87. The van der Waals surface area contributed by atoms with Crippen LogP contribution in [0.2, 0.25) is 0 Å². The van der Waals surface area contributed by atoms with Crippen molar-refractivity contribution in [3.63, 3.8) is 0 Å². The number of thiazole rings is 1. The summed E-state index contributed by atoms with van der Waals surface area (Å²) in [4.78, 5) is 16.5. The van der Waals surface area contributed by atoms with Gasteiger partial charge in [-0.15, -0.1) is 11.3 Å². The number of nitrogens with one attached hydrogen (secondary N) is 1. The van der Waals surface area contributed by atoms with E-state index in [-0.39, 0.29) is 11.9 Å². The van der Waals surface area contributed by atoms with Gasteiger partial charge in [0.15, 0.2) is 5.76 Å². The molecule has 2 aromatic rings. The predicted molar refractivity (Wildman–Crippen MR) is 75.5 cm³/mol. The standard InChI is InChI=1S/C14H18N2O2S/c1-8(2)14-16-11(7-19-14)10(4)15-13(17)12-6-5-9(3)18-12/h5-8,10H,1-4H3,(H,15,17). The highest BCUT2D eigenvalue weighted by atomic mass is 32.1. The molecule has 0 aliphatic rings. The van der Waals surface area contributed by atoms with Crippen molar-refractivity contribution in [2.45, 2.75) is 39.7 Å². The Morgan fingerprint density at radius 3 is 2.63 bits per heavy atom. The molecule has 2 rings (SSSR count). The van der Waals surface area contributed by atoms with Crippen LogP contribution in [0.4, 0.5) is 0 Å². The fourth-order valence-electron chi connectivity index (χ4n) is 1.66. The fraction of sp³-hybridized carbons (Fsp3) is 0.429. The minimum Gasteiger partial charge on any atom is -0.456 e. The van der Waals surface area contributed by atoms with Crippen LogP contribution in [0.5, 0.6) is 0 Å². The molecule has 1 atom stereocenters. The summed E-state index contributed by atoms with van der Waals surface area (Å²) in [6, 6.07) is 3.33. The molecular weight excluding hydrogens is 260 g/mol. The molecule has 0 spiro atoms. The number of hydrogen-bond donors (Lipinski definition) is 1. The van der Waals surface area contributed by atoms with Crippen LogP contribution >= 0.6 is 11.3 Å². The van der Waals surface area contributed by atoms with E-state index in [2.05, 4.69) is 24.1 Å². The molecule has 4 nitrogen and oxygen atoms in total. The Balaban J connectivity index is 2.04. The molecule has 0 aliphatic carbocycles. The first-order valence-electron chi connectivity index (χ1n) is 6.30. The minimum atomic E-state index is -0.209. The van der Waals surface area contributed by atoms with Crippen molar-refractivity contribution in [1.29, 1.82) is 0 Å². The summed E-state index contributed by atoms with van der Waals surface area (Å²) in [5.41, 5.74) is 0.894. The third-order valence-electron chi connectivity index (χ3n) is 2.79. The van der Waals surface area contributed by atoms with Gasteiger partial charge in [-0.2, -0.15) is 0 Å². The maximum Gasteiger partial charge on any atom is 0.287 e. The number of carbonyl (C=O) groups is 1. The van der Waals surface area contributed by atoms with Gasteiger partial charge in [0.1, 0.15) is 5.76 Å². The number of amides is 1. The molecule has 5 heteroatoms. The summed E-state index contributed by atoms with van der Waals surface area (Å²) in [6.45, 7) is 7.96. The minimum absolute atomic E-state index is 0.123. The molecule has 1 unspecified atom stereocenters. The highest BCUT2D eigenvalue weighted by Crippen LogP contribution is 2.23. The predicted octanol–water partition coefficient (Wildman–Crippen LogP) is 3.66. The van der Waals surface area contributed by atoms with Crippen LogP contribution in [-0.4, -0.2) is 10.9 Å². The normalized spacial score (nSPS) is 12.7. The van der Waals surface area contributed by atoms with Gasteiger partial charge in [-0.1, -0.05) is 13.8 Å². The third kappa shape index (κ3) is 3.23. The van der Waals surface area contributed by atoms with Crippen LogP contribution in [0.3, 0.4) is 0 Å². The topological polar surface area (TPSA) is 55.1 Å². The van der Waals surface area contributed by atoms with E-state index < -0.39 is 0 Å². The van der Waals surface area contributed by atoms with Gasteiger partial charge in [-0.25, -0.2) is 4.98 Å². The highest BCUT2D eigenvalue weighted by molar-refractivity contribution is 7.09. The maximum atomic E-state index is 12.0. The van der Waals surface area contributed by atoms with Crippen LogP contribution in [0.25, 0.3) is 0 Å². The monoisotopic (exact) mass is 278 g/mol. The molecule has 0 aliphatic heterocycles. The lowest BCUT2D eigenvalue weighted by Gasteiger charge is -2.10. The Hall–Kier alpha value is -1.62. The molecule has 19 heavy (non-hydrogen) atoms. The summed E-state index contributed by atoms with van der Waals surface area (Å²) in [7, 11) is 0. The van der Waals surface area contributed by atoms with Crippen LogP contribution in [0.1, 0.15) is 59.7 Å². The van der Waals surface area contributed by atoms with E-state index >= 15 is 0 Å². The van der Waals surface area contributed by atoms with Crippen LogP contribution < -0.4 is 5.32 Å². The van der Waals surface area contributed by atoms with Gasteiger partial charge in [0.2, 0.25) is 0 Å². The fourth-order valence-corrected chi connectivity index (χ4v) is 2.59. The Kier molecular flexibility index (Phi) is 4.04. The highest BCUT2D eigenvalue weighted by Gasteiger charge is 2.17. The largest absolute Gasteiger partial charge is 0.456 e. The van der Waals surface area contributed by atoms with Crippen molar-refractivity contribution in [2.24, 2.45) is 0 Å². The zero-order chi connectivity index (χ0) is 14.0. The number of hydrogen-bond acceptors (Lipinski definition) is 4. The van der Waals surface area contributed by atoms with Crippen molar-refractivity contribution in [2.75, 3.05) is 0 Å². The molecular formula is C14H18N2O2S. The second kappa shape index (κ2) is 5.57. The number of carbonyl (C=O) groups excluding carboxylic acids is 1. The van der Waals surface area contributed by atoms with Crippen molar-refractivity contribution < 1.29 is 9.21 Å². The van der Waals surface area contributed by atoms with Gasteiger partial charge in [-0.3, -0.25) is 4.79 Å². The zero-order valence-corrected chi connectivity index (χ0v) is 12.4. The molecule has 0 aromatic carbocycles. The molecule has 1 amide bonds. The lowest BCUT2D eigenvalue weighted by molar-refractivity contribution is 0.0910. The molecule has 0 saturated carbocycles. The van der Waals surface area contributed by atoms with Gasteiger partial charge < -0.3 is 9.73 Å². The summed E-state index contributed by atoms with van der Waals surface area (Å²) < 4.78 is 5.30. The second-order valence-corrected chi connectivity index (χ2v) is 5.76. The number of rotatable bonds is 4. The van der Waals surface area contributed by atoms with E-state index in [4.69, 9.17) is 4.42 Å². The van der Waals surface area contributed by atoms with Crippen molar-refractivity contribution in [1.82, 2.24) is 10.3 Å². The van der Waals surface area contributed by atoms with Gasteiger partial charge >= 0.3 is 0 Å². The molecule has 0 saturated heterocycles. The smallest absolute Gasteiger partial charge is 0.287 e. The quantitative estimate of drug-likeness (QED) is 0.928. The van der Waals surface area contributed by atoms with Crippen molar-refractivity contribution in [3.05, 3.63) is 39.7 Å². The number of aromatic nitrogens is 1. The first kappa shape index (κ1) is 13.8. The van der Waals surface area contributed by atoms with Gasteiger partial charge in [0, 0.05) is 11.3 Å². The van der Waals surface area contributed by atoms with Crippen molar-refractivity contribution in [3.8, 4) is 0 Å². The zero-order valence-electron chi connectivity index (χ0n) is 11.6. The maximum absolute atomic E-state index is 12.0. The summed E-state index contributed by atoms with van der Waals surface area (Å²) in [5.74, 6) is 1.27. The molecule has 2 aromatic heterocycles. The molecule has 1 N–H and O–H groups in total. The van der Waals surface area contributed by atoms with Crippen LogP contribution in [0, 0.1) is 6.92 Å². The van der Waals surface area contributed by atoms with E-state index in [1.54, 1.807) is 23.5 Å². The third-order valence-corrected chi connectivity index (χ3v) is 3.95. The van der Waals surface area contributed by atoms with E-state index in [0.29, 0.717) is 11.7 Å². The summed E-state index contributed by atoms with van der Waals surface area (Å²) in [6.07, 6.45) is 0. The van der Waals surface area contributed by atoms with E-state index in [1.165, 1.54) is 0 Å². The van der Waals surface area contributed by atoms with Gasteiger partial charge in [-0.05, 0) is 26.0 Å². The average Bonchev–Trinajstić information content (AvgIpc) is 2.96. The Morgan fingerprint density at radius 2 is 2.11 bits per heavy atom. The van der Waals surface area contributed by atoms with Crippen LogP contribution in [0.15, 0.2) is 21.9 Å². The SMILES string of the molecule is Cc1ccc(C(=O)NC(C)c2csc(C(C)C)n2)o1. The number of furan rings is 1. The van der Waals surface area contributed by atoms with E-state index in [1.807, 2.05) is 19.2 Å². The molecule has 0 radical (unpaired) electrons. The van der Waals surface area contributed by atoms with Crippen LogP contribution in [-0.2, 0) is 0 Å². The Labute approximate surface area is 116 Å². The first-order chi connectivity index (χ1) is 8.97. The number of nitrogens with zero attached hydrogens (tertiary/aromatic N) is 1. The van der Waals surface area contributed by atoms with E-state index in [0.717, 1.165) is 16.5 Å². The summed E-state index contributed by atoms with van der Waals surface area (Å²) >= 11 is 1.63. The molecule has 2 heterocycles. The van der Waals surface area contributed by atoms with Crippen molar-refractivity contribution >= 4 is 17.2 Å². The molecule has 0 fully saturated rings. The number of aryl methyl sites for hydroxylation is 1. The van der Waals surface area contributed by atoms with E-state index in [9.17, 15) is 4.79 Å². The Bertz CT molecular complexity index is 572. The Morgan fingerprint density at radius 1 is 1.37 bits per heavy atom. The van der Waals surface area contributed by atoms with Gasteiger partial charge in [0.05, 0.1) is 16.7 Å².